The topological polar surface area (TPSA) is 68.6 Å². The van der Waals surface area contributed by atoms with Gasteiger partial charge in [-0.1, -0.05) is 0 Å². The van der Waals surface area contributed by atoms with E-state index in [4.69, 9.17) is 23.6 Å². The molecule has 0 bridgehead atoms. The fourth-order valence-corrected chi connectivity index (χ4v) is 6.94. The van der Waals surface area contributed by atoms with Crippen LogP contribution in [0.1, 0.15) is 83.8 Å². The van der Waals surface area contributed by atoms with E-state index in [0.29, 0.717) is 12.5 Å². The second-order valence-electron chi connectivity index (χ2n) is 11.5. The Labute approximate surface area is 229 Å². The SMILES string of the molecule is [2H]N1[C@H](C)CC(CCOC2CCC(N3C(=S)N(c4ccc(C#N)c(C(F)(F)F)c4)C(=O)C3(C)C)CC2)C[C@@H]1C. The molecule has 1 amide bonds. The van der Waals surface area contributed by atoms with Crippen molar-refractivity contribution in [2.75, 3.05) is 11.5 Å². The number of carbonyl (C=O) groups excluding carboxylic acids is 1. The molecular formula is C28H37F3N4O2S. The number of ether oxygens (including phenoxy) is 1. The van der Waals surface area contributed by atoms with Gasteiger partial charge < -0.3 is 14.9 Å². The Morgan fingerprint density at radius 2 is 1.84 bits per heavy atom. The molecule has 0 radical (unpaired) electrons. The molecule has 1 aromatic carbocycles. The molecule has 2 heterocycles. The number of alkyl halides is 3. The number of amides is 1. The maximum absolute atomic E-state index is 13.6. The van der Waals surface area contributed by atoms with Crippen LogP contribution in [0.4, 0.5) is 18.9 Å². The number of anilines is 1. The Bertz CT molecular complexity index is 1120. The van der Waals surface area contributed by atoms with Gasteiger partial charge in [0.25, 0.3) is 5.91 Å². The lowest BCUT2D eigenvalue weighted by molar-refractivity contribution is -0.137. The van der Waals surface area contributed by atoms with E-state index in [2.05, 4.69) is 13.8 Å². The number of carbonyl (C=O) groups is 1. The molecule has 0 spiro atoms. The molecule has 1 aliphatic carbocycles. The number of hydrogen-bond acceptors (Lipinski definition) is 5. The van der Waals surface area contributed by atoms with Gasteiger partial charge in [0, 0.05) is 24.7 Å². The first-order chi connectivity index (χ1) is 18.3. The van der Waals surface area contributed by atoms with Crippen molar-refractivity contribution in [3.05, 3.63) is 29.3 Å². The van der Waals surface area contributed by atoms with Gasteiger partial charge in [-0.05, 0) is 109 Å². The Morgan fingerprint density at radius 3 is 2.42 bits per heavy atom. The minimum atomic E-state index is -4.73. The first kappa shape index (κ1) is 27.4. The first-order valence-corrected chi connectivity index (χ1v) is 13.8. The van der Waals surface area contributed by atoms with Crippen molar-refractivity contribution in [2.24, 2.45) is 5.92 Å². The van der Waals surface area contributed by atoms with Gasteiger partial charge in [0.1, 0.15) is 6.95 Å². The highest BCUT2D eigenvalue weighted by Gasteiger charge is 2.52. The quantitative estimate of drug-likeness (QED) is 0.452. The molecule has 10 heteroatoms. The molecule has 2 aliphatic heterocycles. The van der Waals surface area contributed by atoms with Crippen molar-refractivity contribution in [3.8, 4) is 6.07 Å². The number of nitrogens with one attached hydrogen (secondary N) is 1. The maximum atomic E-state index is 13.6. The zero-order valence-corrected chi connectivity index (χ0v) is 23.2. The van der Waals surface area contributed by atoms with Crippen LogP contribution in [-0.2, 0) is 15.7 Å². The third-order valence-corrected chi connectivity index (χ3v) is 8.54. The zero-order valence-electron chi connectivity index (χ0n) is 23.4. The van der Waals surface area contributed by atoms with Gasteiger partial charge in [0.05, 0.1) is 29.0 Å². The molecule has 1 unspecified atom stereocenters. The predicted molar refractivity (Wildman–Crippen MR) is 144 cm³/mol. The minimum absolute atomic E-state index is 0.0174. The summed E-state index contributed by atoms with van der Waals surface area (Å²) in [6, 6.07) is 5.33. The van der Waals surface area contributed by atoms with Crippen molar-refractivity contribution >= 4 is 28.9 Å². The van der Waals surface area contributed by atoms with E-state index in [0.717, 1.165) is 57.1 Å². The van der Waals surface area contributed by atoms with E-state index < -0.39 is 22.8 Å². The number of piperidine rings is 1. The van der Waals surface area contributed by atoms with Crippen LogP contribution in [0.5, 0.6) is 0 Å². The fourth-order valence-electron chi connectivity index (χ4n) is 6.38. The molecule has 0 aromatic heterocycles. The fraction of sp³-hybridized carbons (Fsp3) is 0.679. The first-order valence-electron chi connectivity index (χ1n) is 13.9. The average Bonchev–Trinajstić information content (AvgIpc) is 3.05. The second kappa shape index (κ2) is 11.1. The van der Waals surface area contributed by atoms with Crippen LogP contribution in [0.2, 0.25) is 1.41 Å². The highest BCUT2D eigenvalue weighted by molar-refractivity contribution is 7.80. The van der Waals surface area contributed by atoms with Crippen LogP contribution < -0.4 is 10.2 Å². The summed E-state index contributed by atoms with van der Waals surface area (Å²) in [7, 11) is 0. The Morgan fingerprint density at radius 1 is 1.21 bits per heavy atom. The van der Waals surface area contributed by atoms with E-state index in [9.17, 15) is 18.0 Å². The molecule has 2 saturated heterocycles. The monoisotopic (exact) mass is 551 g/mol. The number of thiocarbonyl (C=S) groups is 1. The summed E-state index contributed by atoms with van der Waals surface area (Å²) < 4.78 is 55.0. The molecule has 38 heavy (non-hydrogen) atoms. The van der Waals surface area contributed by atoms with Crippen LogP contribution in [0.3, 0.4) is 0 Å². The third-order valence-electron chi connectivity index (χ3n) is 8.16. The van der Waals surface area contributed by atoms with Gasteiger partial charge >= 0.3 is 6.18 Å². The third kappa shape index (κ3) is 5.85. The van der Waals surface area contributed by atoms with Gasteiger partial charge in [-0.3, -0.25) is 9.69 Å². The van der Waals surface area contributed by atoms with E-state index in [1.54, 1.807) is 25.2 Å². The summed E-state index contributed by atoms with van der Waals surface area (Å²) in [5.74, 6) is 0.179. The van der Waals surface area contributed by atoms with Crippen molar-refractivity contribution in [1.29, 1.82) is 5.26 Å². The molecule has 4 rings (SSSR count). The molecule has 1 saturated carbocycles. The number of nitrogens with zero attached hydrogens (tertiary/aromatic N) is 3. The molecule has 3 atom stereocenters. The normalized spacial score (nSPS) is 30.9. The summed E-state index contributed by atoms with van der Waals surface area (Å²) in [5, 5.41) is 11.0. The molecule has 3 fully saturated rings. The molecule has 1 aromatic rings. The van der Waals surface area contributed by atoms with Gasteiger partial charge in [-0.2, -0.15) is 18.4 Å². The van der Waals surface area contributed by atoms with Gasteiger partial charge in [0.2, 0.25) is 0 Å². The van der Waals surface area contributed by atoms with E-state index in [1.165, 1.54) is 11.0 Å². The van der Waals surface area contributed by atoms with Crippen LogP contribution >= 0.6 is 12.2 Å². The summed E-state index contributed by atoms with van der Waals surface area (Å²) in [6.45, 7) is 8.40. The largest absolute Gasteiger partial charge is 0.417 e. The van der Waals surface area contributed by atoms with Crippen LogP contribution in [0.15, 0.2) is 18.2 Å². The van der Waals surface area contributed by atoms with Crippen molar-refractivity contribution in [1.82, 2.24) is 10.2 Å². The number of rotatable bonds is 6. The van der Waals surface area contributed by atoms with E-state index in [1.807, 2.05) is 4.90 Å². The lowest BCUT2D eigenvalue weighted by Gasteiger charge is -2.41. The molecule has 6 nitrogen and oxygen atoms in total. The zero-order chi connectivity index (χ0) is 28.7. The standard InChI is InChI=1S/C28H37F3N4O2S/c1-17-13-19(14-18(2)33-17)11-12-37-23-9-7-21(8-10-23)35-26(38)34(25(36)27(35,3)4)22-6-5-20(16-32)24(15-22)28(29,30)31/h5-6,15,17-19,21,23,33H,7-14H2,1-4H3/t17-,18+,19?,21?,23?/i/hD. The Balaban J connectivity index is 1.38. The number of hydrogen-bond donors (Lipinski definition) is 1. The summed E-state index contributed by atoms with van der Waals surface area (Å²) in [5.41, 5.74) is -2.57. The van der Waals surface area contributed by atoms with Gasteiger partial charge in [-0.15, -0.1) is 0 Å². The number of benzene rings is 1. The lowest BCUT2D eigenvalue weighted by Crippen LogP contribution is -2.51. The summed E-state index contributed by atoms with van der Waals surface area (Å²) in [6.07, 6.45) is 1.59. The van der Waals surface area contributed by atoms with E-state index in [-0.39, 0.29) is 40.9 Å². The van der Waals surface area contributed by atoms with Crippen LogP contribution in [-0.4, -0.2) is 52.3 Å². The van der Waals surface area contributed by atoms with Crippen LogP contribution in [0.25, 0.3) is 0 Å². The van der Waals surface area contributed by atoms with Gasteiger partial charge in [0.15, 0.2) is 5.11 Å². The molecule has 1 N–H and O–H groups in total. The number of halogens is 3. The molecule has 3 aliphatic rings. The predicted octanol–water partition coefficient (Wildman–Crippen LogP) is 5.78. The minimum Gasteiger partial charge on any atom is -0.378 e. The van der Waals surface area contributed by atoms with E-state index >= 15 is 0 Å². The second-order valence-corrected chi connectivity index (χ2v) is 11.8. The summed E-state index contributed by atoms with van der Waals surface area (Å²) in [4.78, 5) is 16.5. The Hall–Kier alpha value is -2.22. The average molecular weight is 552 g/mol. The molecule has 208 valence electrons. The lowest BCUT2D eigenvalue weighted by atomic mass is 9.87. The van der Waals surface area contributed by atoms with Crippen molar-refractivity contribution < 1.29 is 24.1 Å². The smallest absolute Gasteiger partial charge is 0.378 e. The molecular weight excluding hydrogens is 513 g/mol. The maximum Gasteiger partial charge on any atom is 0.417 e. The summed E-state index contributed by atoms with van der Waals surface area (Å²) >= 11 is 5.68. The van der Waals surface area contributed by atoms with Gasteiger partial charge in [-0.25, -0.2) is 0 Å². The van der Waals surface area contributed by atoms with Crippen molar-refractivity contribution in [2.45, 2.75) is 109 Å². The van der Waals surface area contributed by atoms with Crippen LogP contribution in [0, 0.1) is 17.2 Å². The highest BCUT2D eigenvalue weighted by Crippen LogP contribution is 2.40. The number of nitriles is 1. The highest BCUT2D eigenvalue weighted by atomic mass is 32.1. The Kier molecular flexibility index (Phi) is 7.99. The van der Waals surface area contributed by atoms with Crippen molar-refractivity contribution in [3.63, 3.8) is 0 Å².